The summed E-state index contributed by atoms with van der Waals surface area (Å²) in [6.07, 6.45) is 4.49. The maximum Gasteiger partial charge on any atom is 0.146 e. The standard InChI is InChI=1S/C12H16BrN5S/c1-4-8-5-15-12(19-8)7(2)18-11-9(13)10(14-3)16-6-17-11/h5-7H,4H2,1-3H3,(H2,14,16,17,18). The lowest BCUT2D eigenvalue weighted by Gasteiger charge is -2.14. The molecule has 0 spiro atoms. The number of aromatic nitrogens is 3. The second-order valence-corrected chi connectivity index (χ2v) is 5.96. The number of aryl methyl sites for hydroxylation is 1. The molecule has 0 radical (unpaired) electrons. The fraction of sp³-hybridized carbons (Fsp3) is 0.417. The number of anilines is 2. The van der Waals surface area contributed by atoms with Crippen molar-refractivity contribution in [3.8, 4) is 0 Å². The van der Waals surface area contributed by atoms with Crippen molar-refractivity contribution in [1.29, 1.82) is 0 Å². The summed E-state index contributed by atoms with van der Waals surface area (Å²) in [5, 5.41) is 7.42. The number of thiazole rings is 1. The van der Waals surface area contributed by atoms with Crippen LogP contribution in [0.5, 0.6) is 0 Å². The first-order valence-corrected chi connectivity index (χ1v) is 7.66. The van der Waals surface area contributed by atoms with E-state index in [4.69, 9.17) is 0 Å². The Hall–Kier alpha value is -1.21. The van der Waals surface area contributed by atoms with E-state index < -0.39 is 0 Å². The molecule has 2 aromatic rings. The topological polar surface area (TPSA) is 62.7 Å². The van der Waals surface area contributed by atoms with Crippen molar-refractivity contribution in [2.24, 2.45) is 0 Å². The molecule has 19 heavy (non-hydrogen) atoms. The Balaban J connectivity index is 2.16. The van der Waals surface area contributed by atoms with Crippen molar-refractivity contribution >= 4 is 38.9 Å². The quantitative estimate of drug-likeness (QED) is 0.871. The Kier molecular flexibility index (Phi) is 4.71. The second kappa shape index (κ2) is 6.29. The molecule has 0 bridgehead atoms. The maximum atomic E-state index is 4.44. The fourth-order valence-corrected chi connectivity index (χ4v) is 2.97. The zero-order valence-corrected chi connectivity index (χ0v) is 13.5. The van der Waals surface area contributed by atoms with Crippen LogP contribution in [0, 0.1) is 0 Å². The van der Waals surface area contributed by atoms with Gasteiger partial charge in [-0.2, -0.15) is 0 Å². The fourth-order valence-electron chi connectivity index (χ4n) is 1.60. The second-order valence-electron chi connectivity index (χ2n) is 4.02. The minimum Gasteiger partial charge on any atom is -0.372 e. The van der Waals surface area contributed by atoms with Crippen molar-refractivity contribution in [1.82, 2.24) is 15.0 Å². The highest BCUT2D eigenvalue weighted by Gasteiger charge is 2.14. The van der Waals surface area contributed by atoms with Crippen molar-refractivity contribution < 1.29 is 0 Å². The van der Waals surface area contributed by atoms with E-state index in [-0.39, 0.29) is 6.04 Å². The van der Waals surface area contributed by atoms with E-state index in [1.54, 1.807) is 11.3 Å². The minimum atomic E-state index is 0.112. The Morgan fingerprint density at radius 1 is 1.32 bits per heavy atom. The molecule has 1 unspecified atom stereocenters. The van der Waals surface area contributed by atoms with Crippen molar-refractivity contribution in [3.05, 3.63) is 26.9 Å². The molecule has 0 aromatic carbocycles. The number of halogens is 1. The number of hydrogen-bond acceptors (Lipinski definition) is 6. The van der Waals surface area contributed by atoms with Gasteiger partial charge in [-0.1, -0.05) is 6.92 Å². The smallest absolute Gasteiger partial charge is 0.146 e. The number of hydrogen-bond donors (Lipinski definition) is 2. The molecule has 7 heteroatoms. The van der Waals surface area contributed by atoms with E-state index in [0.29, 0.717) is 0 Å². The highest BCUT2D eigenvalue weighted by molar-refractivity contribution is 9.10. The van der Waals surface area contributed by atoms with Crippen LogP contribution in [0.3, 0.4) is 0 Å². The molecular weight excluding hydrogens is 326 g/mol. The molecule has 2 rings (SSSR count). The molecule has 0 saturated carbocycles. The maximum absolute atomic E-state index is 4.44. The van der Waals surface area contributed by atoms with E-state index in [9.17, 15) is 0 Å². The van der Waals surface area contributed by atoms with Gasteiger partial charge in [-0.3, -0.25) is 0 Å². The lowest BCUT2D eigenvalue weighted by molar-refractivity contribution is 0.856. The molecule has 5 nitrogen and oxygen atoms in total. The Morgan fingerprint density at radius 3 is 2.68 bits per heavy atom. The van der Waals surface area contributed by atoms with E-state index in [2.05, 4.69) is 55.4 Å². The molecule has 0 aliphatic carbocycles. The summed E-state index contributed by atoms with van der Waals surface area (Å²) in [6, 6.07) is 0.112. The lowest BCUT2D eigenvalue weighted by Crippen LogP contribution is -2.09. The summed E-state index contributed by atoms with van der Waals surface area (Å²) in [4.78, 5) is 14.1. The minimum absolute atomic E-state index is 0.112. The van der Waals surface area contributed by atoms with Gasteiger partial charge in [0.25, 0.3) is 0 Å². The van der Waals surface area contributed by atoms with Gasteiger partial charge in [0, 0.05) is 18.1 Å². The van der Waals surface area contributed by atoms with Gasteiger partial charge in [-0.15, -0.1) is 11.3 Å². The van der Waals surface area contributed by atoms with Crippen molar-refractivity contribution in [3.63, 3.8) is 0 Å². The highest BCUT2D eigenvalue weighted by atomic mass is 79.9. The van der Waals surface area contributed by atoms with Gasteiger partial charge in [-0.05, 0) is 29.3 Å². The summed E-state index contributed by atoms with van der Waals surface area (Å²) >= 11 is 5.22. The van der Waals surface area contributed by atoms with Crippen LogP contribution in [0.25, 0.3) is 0 Å². The largest absolute Gasteiger partial charge is 0.372 e. The predicted octanol–water partition coefficient (Wildman–Crippen LogP) is 3.47. The predicted molar refractivity (Wildman–Crippen MR) is 82.8 cm³/mol. The zero-order valence-electron chi connectivity index (χ0n) is 11.1. The van der Waals surface area contributed by atoms with Gasteiger partial charge < -0.3 is 10.6 Å². The molecule has 2 heterocycles. The zero-order chi connectivity index (χ0) is 13.8. The summed E-state index contributed by atoms with van der Waals surface area (Å²) < 4.78 is 0.830. The first-order valence-electron chi connectivity index (χ1n) is 6.05. The molecule has 102 valence electrons. The van der Waals surface area contributed by atoms with Gasteiger partial charge >= 0.3 is 0 Å². The van der Waals surface area contributed by atoms with Crippen LogP contribution >= 0.6 is 27.3 Å². The first-order chi connectivity index (χ1) is 9.15. The van der Waals surface area contributed by atoms with Gasteiger partial charge in [-0.25, -0.2) is 15.0 Å². The third-order valence-corrected chi connectivity index (χ3v) is 4.75. The lowest BCUT2D eigenvalue weighted by atomic mass is 10.3. The average molecular weight is 342 g/mol. The highest BCUT2D eigenvalue weighted by Crippen LogP contribution is 2.30. The van der Waals surface area contributed by atoms with Gasteiger partial charge in [0.1, 0.15) is 27.4 Å². The van der Waals surface area contributed by atoms with E-state index in [1.807, 2.05) is 13.2 Å². The molecule has 2 N–H and O–H groups in total. The molecule has 0 amide bonds. The monoisotopic (exact) mass is 341 g/mol. The van der Waals surface area contributed by atoms with Crippen LogP contribution in [0.1, 0.15) is 29.8 Å². The summed E-state index contributed by atoms with van der Waals surface area (Å²) in [6.45, 7) is 4.21. The molecule has 0 fully saturated rings. The Bertz CT molecular complexity index is 557. The summed E-state index contributed by atoms with van der Waals surface area (Å²) in [5.41, 5.74) is 0. The number of nitrogens with one attached hydrogen (secondary N) is 2. The van der Waals surface area contributed by atoms with Crippen LogP contribution < -0.4 is 10.6 Å². The third kappa shape index (κ3) is 3.22. The molecule has 0 aliphatic rings. The van der Waals surface area contributed by atoms with Crippen molar-refractivity contribution in [2.45, 2.75) is 26.3 Å². The van der Waals surface area contributed by atoms with E-state index >= 15 is 0 Å². The molecule has 1 atom stereocenters. The van der Waals surface area contributed by atoms with Crippen LogP contribution in [-0.4, -0.2) is 22.0 Å². The average Bonchev–Trinajstić information content (AvgIpc) is 2.90. The summed E-state index contributed by atoms with van der Waals surface area (Å²) in [5.74, 6) is 1.53. The van der Waals surface area contributed by atoms with E-state index in [0.717, 1.165) is 27.5 Å². The third-order valence-electron chi connectivity index (χ3n) is 2.67. The van der Waals surface area contributed by atoms with Gasteiger partial charge in [0.05, 0.1) is 6.04 Å². The van der Waals surface area contributed by atoms with Gasteiger partial charge in [0.15, 0.2) is 0 Å². The molecule has 0 saturated heterocycles. The Labute approximate surface area is 125 Å². The Morgan fingerprint density at radius 2 is 2.05 bits per heavy atom. The summed E-state index contributed by atoms with van der Waals surface area (Å²) in [7, 11) is 1.83. The molecule has 2 aromatic heterocycles. The van der Waals surface area contributed by atoms with Crippen molar-refractivity contribution in [2.75, 3.05) is 17.7 Å². The van der Waals surface area contributed by atoms with Crippen LogP contribution in [-0.2, 0) is 6.42 Å². The molecular formula is C12H16BrN5S. The number of rotatable bonds is 5. The number of nitrogens with zero attached hydrogens (tertiary/aromatic N) is 3. The van der Waals surface area contributed by atoms with E-state index in [1.165, 1.54) is 11.2 Å². The van der Waals surface area contributed by atoms with Gasteiger partial charge in [0.2, 0.25) is 0 Å². The van der Waals surface area contributed by atoms with Crippen LogP contribution in [0.15, 0.2) is 17.0 Å². The normalized spacial score (nSPS) is 12.2. The SMILES string of the molecule is CCc1cnc(C(C)Nc2ncnc(NC)c2Br)s1. The van der Waals surface area contributed by atoms with Crippen LogP contribution in [0.4, 0.5) is 11.6 Å². The first kappa shape index (κ1) is 14.2. The van der Waals surface area contributed by atoms with Crippen LogP contribution in [0.2, 0.25) is 0 Å². The molecule has 0 aliphatic heterocycles.